The van der Waals surface area contributed by atoms with E-state index in [0.717, 1.165) is 10.7 Å². The predicted molar refractivity (Wildman–Crippen MR) is 137 cm³/mol. The molecule has 0 atom stereocenters. The molecule has 0 radical (unpaired) electrons. The summed E-state index contributed by atoms with van der Waals surface area (Å²) in [5.74, 6) is -0.0261. The van der Waals surface area contributed by atoms with Gasteiger partial charge in [0.1, 0.15) is 23.7 Å². The number of hydrogen-bond donors (Lipinski definition) is 2. The number of ether oxygens (including phenoxy) is 2. The maximum Gasteiger partial charge on any atom is 0.302 e. The Labute approximate surface area is 215 Å². The zero-order valence-electron chi connectivity index (χ0n) is 21.5. The number of nitrogens with zero attached hydrogens (tertiary/aromatic N) is 4. The van der Waals surface area contributed by atoms with Crippen molar-refractivity contribution in [2.75, 3.05) is 32.9 Å². The van der Waals surface area contributed by atoms with E-state index in [1.807, 2.05) is 13.8 Å². The Balaban J connectivity index is 2.15. The lowest BCUT2D eigenvalue weighted by Crippen LogP contribution is -2.36. The van der Waals surface area contributed by atoms with Crippen LogP contribution in [0, 0.1) is 0 Å². The molecule has 0 saturated heterocycles. The number of aliphatic hydroxyl groups is 1. The number of aromatic nitrogens is 4. The van der Waals surface area contributed by atoms with Gasteiger partial charge in [-0.15, -0.1) is 0 Å². The summed E-state index contributed by atoms with van der Waals surface area (Å²) < 4.78 is 40.2. The first-order valence-electron chi connectivity index (χ1n) is 12.1. The van der Waals surface area contributed by atoms with Crippen LogP contribution >= 0.6 is 0 Å². The minimum atomic E-state index is -4.10. The number of carbonyl (C=O) groups is 1. The van der Waals surface area contributed by atoms with Gasteiger partial charge in [0.25, 0.3) is 5.56 Å². The highest BCUT2D eigenvalue weighted by molar-refractivity contribution is 7.89. The lowest BCUT2D eigenvalue weighted by molar-refractivity contribution is -0.141. The molecule has 0 spiro atoms. The molecular formula is C24H33N5O7S. The summed E-state index contributed by atoms with van der Waals surface area (Å²) in [6, 6.07) is 4.29. The van der Waals surface area contributed by atoms with E-state index in [4.69, 9.17) is 9.47 Å². The zero-order valence-corrected chi connectivity index (χ0v) is 22.3. The van der Waals surface area contributed by atoms with Crippen molar-refractivity contribution in [2.24, 2.45) is 7.05 Å². The monoisotopic (exact) mass is 535 g/mol. The van der Waals surface area contributed by atoms with E-state index in [1.54, 1.807) is 7.05 Å². The first kappa shape index (κ1) is 28.3. The summed E-state index contributed by atoms with van der Waals surface area (Å²) in [4.78, 5) is 31.4. The van der Waals surface area contributed by atoms with Gasteiger partial charge in [0, 0.05) is 27.1 Å². The molecule has 12 nitrogen and oxygen atoms in total. The number of esters is 1. The molecule has 0 aliphatic rings. The highest BCUT2D eigenvalue weighted by Crippen LogP contribution is 2.32. The largest absolute Gasteiger partial charge is 0.493 e. The summed E-state index contributed by atoms with van der Waals surface area (Å²) in [5, 5.41) is 13.9. The Morgan fingerprint density at radius 3 is 2.59 bits per heavy atom. The lowest BCUT2D eigenvalue weighted by Gasteiger charge is -2.22. The SMILES string of the molecule is CCCOc1ccc(S(=O)(=O)N(CCO)CCOC(C)=O)cc1-c1nc2c(CCC)nn(C)c2c(=O)[nH]1. The molecule has 3 aromatic rings. The molecule has 2 heterocycles. The second kappa shape index (κ2) is 12.3. The smallest absolute Gasteiger partial charge is 0.302 e. The average molecular weight is 536 g/mol. The van der Waals surface area contributed by atoms with Crippen LogP contribution in [0.3, 0.4) is 0 Å². The summed E-state index contributed by atoms with van der Waals surface area (Å²) >= 11 is 0. The van der Waals surface area contributed by atoms with Crippen LogP contribution in [0.5, 0.6) is 5.75 Å². The first-order chi connectivity index (χ1) is 17.6. The normalized spacial score (nSPS) is 11.8. The number of aromatic amines is 1. The third-order valence-electron chi connectivity index (χ3n) is 5.55. The third kappa shape index (κ3) is 6.35. The van der Waals surface area contributed by atoms with Crippen LogP contribution in [0.2, 0.25) is 0 Å². The Hall–Kier alpha value is -3.29. The maximum atomic E-state index is 13.5. The van der Waals surface area contributed by atoms with Gasteiger partial charge in [0.2, 0.25) is 10.0 Å². The van der Waals surface area contributed by atoms with Gasteiger partial charge in [-0.25, -0.2) is 13.4 Å². The number of carbonyl (C=O) groups excluding carboxylic acids is 1. The molecular weight excluding hydrogens is 502 g/mol. The van der Waals surface area contributed by atoms with Crippen molar-refractivity contribution in [3.63, 3.8) is 0 Å². The van der Waals surface area contributed by atoms with Crippen LogP contribution in [0.25, 0.3) is 22.4 Å². The minimum absolute atomic E-state index is 0.0923. The number of benzene rings is 1. The molecule has 0 unspecified atom stereocenters. The molecule has 2 N–H and O–H groups in total. The summed E-state index contributed by atoms with van der Waals surface area (Å²) in [7, 11) is -2.43. The number of aliphatic hydroxyl groups excluding tert-OH is 1. The van der Waals surface area contributed by atoms with Crippen LogP contribution in [0.15, 0.2) is 27.9 Å². The molecule has 0 bridgehead atoms. The van der Waals surface area contributed by atoms with E-state index in [0.29, 0.717) is 47.5 Å². The van der Waals surface area contributed by atoms with Crippen molar-refractivity contribution >= 4 is 27.0 Å². The zero-order chi connectivity index (χ0) is 27.2. The highest BCUT2D eigenvalue weighted by Gasteiger charge is 2.26. The number of aryl methyl sites for hydroxylation is 2. The van der Waals surface area contributed by atoms with Gasteiger partial charge >= 0.3 is 5.97 Å². The summed E-state index contributed by atoms with van der Waals surface area (Å²) in [6.07, 6.45) is 2.15. The molecule has 0 aliphatic heterocycles. The van der Waals surface area contributed by atoms with Crippen LogP contribution in [0.1, 0.15) is 39.3 Å². The number of H-pyrrole nitrogens is 1. The van der Waals surface area contributed by atoms with Gasteiger partial charge in [-0.3, -0.25) is 14.3 Å². The first-order valence-corrected chi connectivity index (χ1v) is 13.6. The van der Waals surface area contributed by atoms with E-state index < -0.39 is 28.2 Å². The molecule has 37 heavy (non-hydrogen) atoms. The Bertz CT molecular complexity index is 1410. The summed E-state index contributed by atoms with van der Waals surface area (Å²) in [6.45, 7) is 4.63. The van der Waals surface area contributed by atoms with Crippen LogP contribution in [0.4, 0.5) is 0 Å². The van der Waals surface area contributed by atoms with E-state index in [9.17, 15) is 23.1 Å². The number of nitrogens with one attached hydrogen (secondary N) is 1. The van der Waals surface area contributed by atoms with Crippen LogP contribution in [-0.4, -0.2) is 76.5 Å². The van der Waals surface area contributed by atoms with Gasteiger partial charge in [-0.1, -0.05) is 20.3 Å². The van der Waals surface area contributed by atoms with Gasteiger partial charge in [0.15, 0.2) is 5.52 Å². The van der Waals surface area contributed by atoms with E-state index in [2.05, 4.69) is 15.1 Å². The minimum Gasteiger partial charge on any atom is -0.493 e. The van der Waals surface area contributed by atoms with E-state index >= 15 is 0 Å². The van der Waals surface area contributed by atoms with Crippen LogP contribution in [-0.2, 0) is 33.0 Å². The van der Waals surface area contributed by atoms with Crippen molar-refractivity contribution in [2.45, 2.75) is 44.9 Å². The van der Waals surface area contributed by atoms with Gasteiger partial charge in [-0.2, -0.15) is 9.40 Å². The molecule has 2 aromatic heterocycles. The lowest BCUT2D eigenvalue weighted by atomic mass is 10.1. The van der Waals surface area contributed by atoms with Crippen molar-refractivity contribution in [3.8, 4) is 17.1 Å². The van der Waals surface area contributed by atoms with Crippen molar-refractivity contribution in [3.05, 3.63) is 34.2 Å². The number of fused-ring (bicyclic) bond motifs is 1. The predicted octanol–water partition coefficient (Wildman–Crippen LogP) is 1.61. The Morgan fingerprint density at radius 2 is 1.95 bits per heavy atom. The quantitative estimate of drug-likeness (QED) is 0.310. The second-order valence-electron chi connectivity index (χ2n) is 8.41. The molecule has 1 aromatic carbocycles. The van der Waals surface area contributed by atoms with Crippen molar-refractivity contribution in [1.82, 2.24) is 24.1 Å². The molecule has 0 aliphatic carbocycles. The fourth-order valence-corrected chi connectivity index (χ4v) is 5.32. The summed E-state index contributed by atoms with van der Waals surface area (Å²) in [5.41, 5.74) is 1.33. The van der Waals surface area contributed by atoms with E-state index in [1.165, 1.54) is 29.8 Å². The Kier molecular flexibility index (Phi) is 9.40. The van der Waals surface area contributed by atoms with Crippen LogP contribution < -0.4 is 10.3 Å². The molecule has 0 saturated carbocycles. The van der Waals surface area contributed by atoms with Gasteiger partial charge < -0.3 is 19.6 Å². The maximum absolute atomic E-state index is 13.5. The topological polar surface area (TPSA) is 157 Å². The molecule has 13 heteroatoms. The fraction of sp³-hybridized carbons (Fsp3) is 0.500. The van der Waals surface area contributed by atoms with E-state index in [-0.39, 0.29) is 30.4 Å². The van der Waals surface area contributed by atoms with Crippen molar-refractivity contribution < 1.29 is 27.8 Å². The molecule has 0 fully saturated rings. The standard InChI is InChI=1S/C24H33N5O7S/c1-5-7-19-21-22(28(4)27-19)24(32)26-23(25-21)18-15-17(8-9-20(18)36-13-6-2)37(33,34)29(10-12-30)11-14-35-16(3)31/h8-9,15,30H,5-7,10-14H2,1-4H3,(H,25,26,32). The molecule has 3 rings (SSSR count). The third-order valence-corrected chi connectivity index (χ3v) is 7.45. The Morgan fingerprint density at radius 1 is 1.19 bits per heavy atom. The number of sulfonamides is 1. The van der Waals surface area contributed by atoms with Gasteiger partial charge in [-0.05, 0) is 31.0 Å². The molecule has 0 amide bonds. The molecule has 202 valence electrons. The number of rotatable bonds is 13. The second-order valence-corrected chi connectivity index (χ2v) is 10.3. The fourth-order valence-electron chi connectivity index (χ4n) is 3.88. The number of hydrogen-bond acceptors (Lipinski definition) is 9. The highest BCUT2D eigenvalue weighted by atomic mass is 32.2. The van der Waals surface area contributed by atoms with Crippen molar-refractivity contribution in [1.29, 1.82) is 0 Å². The average Bonchev–Trinajstić information content (AvgIpc) is 3.17. The van der Waals surface area contributed by atoms with Gasteiger partial charge in [0.05, 0.1) is 29.4 Å².